The van der Waals surface area contributed by atoms with E-state index in [0.29, 0.717) is 25.4 Å². The topological polar surface area (TPSA) is 49.4 Å². The number of nitrogens with zero attached hydrogens (tertiary/aromatic N) is 1. The van der Waals surface area contributed by atoms with Crippen LogP contribution >= 0.6 is 0 Å². The lowest BCUT2D eigenvalue weighted by Crippen LogP contribution is -2.48. The summed E-state index contributed by atoms with van der Waals surface area (Å²) in [5.41, 5.74) is 0. The molecule has 2 aliphatic rings. The first-order valence-electron chi connectivity index (χ1n) is 6.80. The molecule has 4 heteroatoms. The molecule has 1 N–H and O–H groups in total. The van der Waals surface area contributed by atoms with Gasteiger partial charge in [-0.2, -0.15) is 0 Å². The van der Waals surface area contributed by atoms with Gasteiger partial charge in [0, 0.05) is 32.6 Å². The number of carbonyl (C=O) groups excluding carboxylic acids is 2. The van der Waals surface area contributed by atoms with Gasteiger partial charge in [-0.3, -0.25) is 9.59 Å². The molecule has 0 radical (unpaired) electrons. The molecule has 0 aromatic carbocycles. The minimum Gasteiger partial charge on any atom is -0.334 e. The number of hydrogen-bond donors (Lipinski definition) is 1. The summed E-state index contributed by atoms with van der Waals surface area (Å²) in [7, 11) is 0. The van der Waals surface area contributed by atoms with E-state index in [2.05, 4.69) is 5.32 Å². The lowest BCUT2D eigenvalue weighted by Gasteiger charge is -2.27. The van der Waals surface area contributed by atoms with Gasteiger partial charge in [0.05, 0.1) is 0 Å². The van der Waals surface area contributed by atoms with Gasteiger partial charge in [-0.15, -0.1) is 0 Å². The van der Waals surface area contributed by atoms with Crippen LogP contribution < -0.4 is 5.32 Å². The number of nitrogens with one attached hydrogen (secondary N) is 1. The van der Waals surface area contributed by atoms with Crippen LogP contribution in [0.4, 0.5) is 0 Å². The Bertz CT molecular complexity index is 279. The first kappa shape index (κ1) is 12.6. The van der Waals surface area contributed by atoms with Gasteiger partial charge in [-0.05, 0) is 5.92 Å². The second-order valence-corrected chi connectivity index (χ2v) is 5.17. The van der Waals surface area contributed by atoms with Gasteiger partial charge in [-0.25, -0.2) is 0 Å². The van der Waals surface area contributed by atoms with Crippen molar-refractivity contribution in [3.63, 3.8) is 0 Å². The molecule has 1 aliphatic heterocycles. The van der Waals surface area contributed by atoms with Crippen LogP contribution in [-0.4, -0.2) is 42.8 Å². The molecule has 0 bridgehead atoms. The number of carbonyl (C=O) groups is 2. The molecule has 1 aliphatic carbocycles. The van der Waals surface area contributed by atoms with Crippen molar-refractivity contribution in [2.45, 2.75) is 38.5 Å². The van der Waals surface area contributed by atoms with Crippen molar-refractivity contribution in [1.82, 2.24) is 10.2 Å². The fraction of sp³-hybridized carbons (Fsp3) is 0.846. The second-order valence-electron chi connectivity index (χ2n) is 5.17. The van der Waals surface area contributed by atoms with Crippen LogP contribution in [-0.2, 0) is 9.59 Å². The van der Waals surface area contributed by atoms with E-state index in [4.69, 9.17) is 0 Å². The van der Waals surface area contributed by atoms with Gasteiger partial charge in [0.2, 0.25) is 5.78 Å². The van der Waals surface area contributed by atoms with E-state index in [9.17, 15) is 9.59 Å². The fourth-order valence-electron chi connectivity index (χ4n) is 2.79. The lowest BCUT2D eigenvalue weighted by atomic mass is 9.85. The van der Waals surface area contributed by atoms with Crippen molar-refractivity contribution in [2.75, 3.05) is 26.2 Å². The first-order chi connectivity index (χ1) is 8.27. The molecule has 1 saturated heterocycles. The Labute approximate surface area is 103 Å². The largest absolute Gasteiger partial charge is 0.334 e. The normalized spacial score (nSPS) is 22.5. The summed E-state index contributed by atoms with van der Waals surface area (Å²) in [6, 6.07) is 0. The van der Waals surface area contributed by atoms with Crippen molar-refractivity contribution < 1.29 is 9.59 Å². The third kappa shape index (κ3) is 3.53. The van der Waals surface area contributed by atoms with Crippen LogP contribution in [0, 0.1) is 5.92 Å². The molecule has 17 heavy (non-hydrogen) atoms. The average molecular weight is 238 g/mol. The van der Waals surface area contributed by atoms with Gasteiger partial charge in [-0.1, -0.05) is 32.1 Å². The monoisotopic (exact) mass is 238 g/mol. The molecule has 0 aromatic heterocycles. The van der Waals surface area contributed by atoms with Gasteiger partial charge in [0.25, 0.3) is 5.91 Å². The van der Waals surface area contributed by atoms with Crippen molar-refractivity contribution in [3.05, 3.63) is 0 Å². The molecule has 1 heterocycles. The quantitative estimate of drug-likeness (QED) is 0.745. The molecular formula is C13H22N2O2. The lowest BCUT2D eigenvalue weighted by molar-refractivity contribution is -0.145. The zero-order valence-electron chi connectivity index (χ0n) is 10.4. The number of Topliss-reactive ketones (excluding diaryl/α,β-unsaturated/α-hetero) is 1. The maximum Gasteiger partial charge on any atom is 0.290 e. The van der Waals surface area contributed by atoms with Crippen molar-refractivity contribution in [2.24, 2.45) is 5.92 Å². The van der Waals surface area contributed by atoms with Gasteiger partial charge in [0.15, 0.2) is 0 Å². The molecule has 1 amide bonds. The van der Waals surface area contributed by atoms with Crippen LogP contribution in [0.1, 0.15) is 38.5 Å². The molecule has 0 unspecified atom stereocenters. The molecule has 2 fully saturated rings. The highest BCUT2D eigenvalue weighted by Gasteiger charge is 2.26. The Hall–Kier alpha value is -0.900. The summed E-state index contributed by atoms with van der Waals surface area (Å²) in [5.74, 6) is 0.0407. The number of rotatable bonds is 3. The van der Waals surface area contributed by atoms with E-state index >= 15 is 0 Å². The number of ketones is 1. The summed E-state index contributed by atoms with van der Waals surface area (Å²) >= 11 is 0. The highest BCUT2D eigenvalue weighted by molar-refractivity contribution is 6.36. The predicted molar refractivity (Wildman–Crippen MR) is 65.6 cm³/mol. The number of piperazine rings is 1. The smallest absolute Gasteiger partial charge is 0.290 e. The predicted octanol–water partition coefficient (Wildman–Crippen LogP) is 0.958. The minimum absolute atomic E-state index is 0.168. The Balaban J connectivity index is 1.79. The Kier molecular flexibility index (Phi) is 4.54. The van der Waals surface area contributed by atoms with E-state index in [1.54, 1.807) is 4.90 Å². The highest BCUT2D eigenvalue weighted by atomic mass is 16.2. The molecule has 2 rings (SSSR count). The van der Waals surface area contributed by atoms with Gasteiger partial charge >= 0.3 is 0 Å². The third-order valence-corrected chi connectivity index (χ3v) is 3.84. The zero-order valence-corrected chi connectivity index (χ0v) is 10.4. The Morgan fingerprint density at radius 2 is 1.71 bits per heavy atom. The van der Waals surface area contributed by atoms with Crippen LogP contribution in [0.5, 0.6) is 0 Å². The van der Waals surface area contributed by atoms with E-state index in [1.807, 2.05) is 0 Å². The molecular weight excluding hydrogens is 216 g/mol. The van der Waals surface area contributed by atoms with E-state index in [1.165, 1.54) is 19.3 Å². The summed E-state index contributed by atoms with van der Waals surface area (Å²) in [5, 5.41) is 3.18. The van der Waals surface area contributed by atoms with Gasteiger partial charge < -0.3 is 10.2 Å². The van der Waals surface area contributed by atoms with Crippen molar-refractivity contribution in [3.8, 4) is 0 Å². The molecule has 4 nitrogen and oxygen atoms in total. The maximum absolute atomic E-state index is 11.9. The second kappa shape index (κ2) is 6.15. The van der Waals surface area contributed by atoms with E-state index in [-0.39, 0.29) is 11.7 Å². The highest BCUT2D eigenvalue weighted by Crippen LogP contribution is 2.26. The summed E-state index contributed by atoms with van der Waals surface area (Å²) in [6.07, 6.45) is 6.46. The van der Waals surface area contributed by atoms with Crippen molar-refractivity contribution in [1.29, 1.82) is 0 Å². The van der Waals surface area contributed by atoms with E-state index < -0.39 is 0 Å². The SMILES string of the molecule is O=C(CC1CCCCC1)C(=O)N1CCNCC1. The van der Waals surface area contributed by atoms with Crippen LogP contribution in [0.2, 0.25) is 0 Å². The Morgan fingerprint density at radius 1 is 1.06 bits per heavy atom. The third-order valence-electron chi connectivity index (χ3n) is 3.84. The summed E-state index contributed by atoms with van der Waals surface area (Å²) < 4.78 is 0. The molecule has 0 spiro atoms. The first-order valence-corrected chi connectivity index (χ1v) is 6.80. The number of amides is 1. The Morgan fingerprint density at radius 3 is 2.35 bits per heavy atom. The van der Waals surface area contributed by atoms with Crippen LogP contribution in [0.25, 0.3) is 0 Å². The molecule has 96 valence electrons. The standard InChI is InChI=1S/C13H22N2O2/c16-12(10-11-4-2-1-3-5-11)13(17)15-8-6-14-7-9-15/h11,14H,1-10H2. The van der Waals surface area contributed by atoms with Crippen LogP contribution in [0.15, 0.2) is 0 Å². The number of hydrogen-bond acceptors (Lipinski definition) is 3. The summed E-state index contributed by atoms with van der Waals surface area (Å²) in [4.78, 5) is 25.5. The summed E-state index contributed by atoms with van der Waals surface area (Å²) in [6.45, 7) is 2.97. The fourth-order valence-corrected chi connectivity index (χ4v) is 2.79. The minimum atomic E-state index is -0.253. The van der Waals surface area contributed by atoms with Gasteiger partial charge in [0.1, 0.15) is 0 Å². The molecule has 0 atom stereocenters. The average Bonchev–Trinajstić information content (AvgIpc) is 2.40. The van der Waals surface area contributed by atoms with Crippen LogP contribution in [0.3, 0.4) is 0 Å². The van der Waals surface area contributed by atoms with Crippen molar-refractivity contribution >= 4 is 11.7 Å². The zero-order chi connectivity index (χ0) is 12.1. The molecule has 1 saturated carbocycles. The molecule has 0 aromatic rings. The van der Waals surface area contributed by atoms with E-state index in [0.717, 1.165) is 25.9 Å². The maximum atomic E-state index is 11.9.